The Kier molecular flexibility index (Phi) is 4.30. The maximum Gasteiger partial charge on any atom is 0.0970 e. The number of fused-ring (bicyclic) bond motifs is 1. The zero-order valence-corrected chi connectivity index (χ0v) is 15.0. The molecule has 0 aliphatic carbocycles. The predicted molar refractivity (Wildman–Crippen MR) is 104 cm³/mol. The van der Waals surface area contributed by atoms with Gasteiger partial charge < -0.3 is 4.90 Å². The Morgan fingerprint density at radius 3 is 2.50 bits per heavy atom. The van der Waals surface area contributed by atoms with E-state index in [1.807, 2.05) is 35.6 Å². The summed E-state index contributed by atoms with van der Waals surface area (Å²) in [4.78, 5) is 7.22. The first-order chi connectivity index (χ1) is 11.7. The van der Waals surface area contributed by atoms with E-state index in [4.69, 9.17) is 16.6 Å². The number of rotatable bonds is 3. The molecule has 0 unspecified atom stereocenters. The van der Waals surface area contributed by atoms with Gasteiger partial charge in [0, 0.05) is 29.7 Å². The number of aromatic nitrogens is 1. The van der Waals surface area contributed by atoms with Crippen molar-refractivity contribution in [1.29, 1.82) is 0 Å². The van der Waals surface area contributed by atoms with E-state index in [1.165, 1.54) is 9.71 Å². The lowest BCUT2D eigenvalue weighted by Gasteiger charge is -2.34. The normalized spacial score (nSPS) is 15.8. The minimum Gasteiger partial charge on any atom is -0.371 e. The molecule has 1 aliphatic heterocycles. The number of hydrogen-bond donors (Lipinski definition) is 0. The zero-order chi connectivity index (χ0) is 16.5. The van der Waals surface area contributed by atoms with E-state index in [-0.39, 0.29) is 0 Å². The van der Waals surface area contributed by atoms with E-state index >= 15 is 0 Å². The summed E-state index contributed by atoms with van der Waals surface area (Å²) in [5, 5.41) is 2.05. The number of hydrogen-bond acceptors (Lipinski definition) is 3. The summed E-state index contributed by atoms with van der Waals surface area (Å²) in [6.45, 7) is 6.34. The fourth-order valence-electron chi connectivity index (χ4n) is 3.29. The third kappa shape index (κ3) is 3.06. The van der Waals surface area contributed by atoms with Gasteiger partial charge in [0.05, 0.1) is 15.2 Å². The molecule has 2 nitrogen and oxygen atoms in total. The Hall–Kier alpha value is -1.84. The van der Waals surface area contributed by atoms with Crippen LogP contribution >= 0.6 is 22.9 Å². The average molecular weight is 355 g/mol. The van der Waals surface area contributed by atoms with E-state index in [9.17, 15) is 0 Å². The van der Waals surface area contributed by atoms with Crippen molar-refractivity contribution in [3.63, 3.8) is 0 Å². The zero-order valence-electron chi connectivity index (χ0n) is 13.4. The van der Waals surface area contributed by atoms with Crippen LogP contribution in [0.2, 0.25) is 5.02 Å². The van der Waals surface area contributed by atoms with Crippen molar-refractivity contribution >= 4 is 38.9 Å². The van der Waals surface area contributed by atoms with E-state index in [0.717, 1.165) is 47.7 Å². The van der Waals surface area contributed by atoms with Crippen LogP contribution in [0.25, 0.3) is 15.9 Å². The molecule has 0 bridgehead atoms. The van der Waals surface area contributed by atoms with Crippen LogP contribution in [0.15, 0.2) is 55.1 Å². The van der Waals surface area contributed by atoms with Gasteiger partial charge in [-0.2, -0.15) is 0 Å². The van der Waals surface area contributed by atoms with Crippen molar-refractivity contribution in [2.75, 3.05) is 13.1 Å². The maximum absolute atomic E-state index is 5.97. The summed E-state index contributed by atoms with van der Waals surface area (Å²) in [5.74, 6) is 0.566. The third-order valence-electron chi connectivity index (χ3n) is 4.71. The fourth-order valence-corrected chi connectivity index (χ4v) is 4.55. The Balaban J connectivity index is 1.44. The second kappa shape index (κ2) is 6.58. The van der Waals surface area contributed by atoms with Crippen LogP contribution in [0.3, 0.4) is 0 Å². The third-order valence-corrected chi connectivity index (χ3v) is 6.16. The molecule has 1 aromatic heterocycles. The van der Waals surface area contributed by atoms with E-state index in [2.05, 4.69) is 35.7 Å². The van der Waals surface area contributed by atoms with Crippen LogP contribution in [-0.2, 0) is 0 Å². The summed E-state index contributed by atoms with van der Waals surface area (Å²) < 4.78 is 1.29. The largest absolute Gasteiger partial charge is 0.371 e. The van der Waals surface area contributed by atoms with Crippen molar-refractivity contribution in [3.05, 3.63) is 70.7 Å². The molecule has 4 rings (SSSR count). The Bertz CT molecular complexity index is 828. The molecule has 2 aromatic carbocycles. The van der Waals surface area contributed by atoms with Crippen molar-refractivity contribution in [1.82, 2.24) is 9.88 Å². The van der Waals surface area contributed by atoms with Crippen molar-refractivity contribution in [2.24, 2.45) is 0 Å². The molecule has 0 N–H and O–H groups in total. The van der Waals surface area contributed by atoms with Crippen LogP contribution < -0.4 is 0 Å². The molecule has 122 valence electrons. The number of para-hydroxylation sites is 1. The summed E-state index contributed by atoms with van der Waals surface area (Å²) in [5.41, 5.74) is 3.37. The molecule has 1 fully saturated rings. The van der Waals surface area contributed by atoms with E-state index < -0.39 is 0 Å². The van der Waals surface area contributed by atoms with Crippen LogP contribution in [0.4, 0.5) is 0 Å². The number of thiazole rings is 1. The molecule has 0 saturated carbocycles. The second-order valence-corrected chi connectivity index (χ2v) is 7.73. The fraction of sp³-hybridized carbons (Fsp3) is 0.250. The molecule has 1 saturated heterocycles. The van der Waals surface area contributed by atoms with Crippen LogP contribution in [0, 0.1) is 0 Å². The minimum atomic E-state index is 0.566. The first-order valence-electron chi connectivity index (χ1n) is 8.26. The smallest absolute Gasteiger partial charge is 0.0970 e. The molecule has 1 aliphatic rings. The summed E-state index contributed by atoms with van der Waals surface area (Å²) in [6, 6.07) is 16.4. The van der Waals surface area contributed by atoms with Crippen molar-refractivity contribution in [3.8, 4) is 0 Å². The topological polar surface area (TPSA) is 16.1 Å². The molecular formula is C20H19ClN2S. The number of benzene rings is 2. The lowest BCUT2D eigenvalue weighted by atomic mass is 9.96. The Morgan fingerprint density at radius 2 is 1.79 bits per heavy atom. The van der Waals surface area contributed by atoms with Gasteiger partial charge in [0.15, 0.2) is 0 Å². The molecule has 3 aromatic rings. The van der Waals surface area contributed by atoms with Gasteiger partial charge in [-0.05, 0) is 42.7 Å². The minimum absolute atomic E-state index is 0.566. The number of nitrogens with zero attached hydrogens (tertiary/aromatic N) is 2. The highest BCUT2D eigenvalue weighted by Gasteiger charge is 2.24. The summed E-state index contributed by atoms with van der Waals surface area (Å²) >= 11 is 7.82. The monoisotopic (exact) mass is 354 g/mol. The van der Waals surface area contributed by atoms with Gasteiger partial charge in [0.1, 0.15) is 0 Å². The van der Waals surface area contributed by atoms with Gasteiger partial charge in [-0.15, -0.1) is 11.3 Å². The maximum atomic E-state index is 5.97. The molecule has 0 amide bonds. The van der Waals surface area contributed by atoms with Gasteiger partial charge in [0.25, 0.3) is 0 Å². The first-order valence-corrected chi connectivity index (χ1v) is 9.45. The van der Waals surface area contributed by atoms with Gasteiger partial charge in [-0.25, -0.2) is 4.98 Å². The van der Waals surface area contributed by atoms with E-state index in [0.29, 0.717) is 5.92 Å². The molecule has 24 heavy (non-hydrogen) atoms. The summed E-state index contributed by atoms with van der Waals surface area (Å²) in [6.07, 6.45) is 2.26. The number of halogens is 1. The second-order valence-electron chi connectivity index (χ2n) is 6.23. The quantitative estimate of drug-likeness (QED) is 0.590. The van der Waals surface area contributed by atoms with Gasteiger partial charge in [0.2, 0.25) is 0 Å². The standard InChI is InChI=1S/C20H19ClN2S/c1-14(15-6-8-17(21)9-7-15)23-12-10-16(11-13-23)20-22-18-4-2-3-5-19(18)24-20/h2-9,16H,1,10-13H2. The van der Waals surface area contributed by atoms with Crippen LogP contribution in [0.5, 0.6) is 0 Å². The molecule has 4 heteroatoms. The molecule has 2 heterocycles. The predicted octanol–water partition coefficient (Wildman–Crippen LogP) is 5.80. The lowest BCUT2D eigenvalue weighted by molar-refractivity contribution is 0.299. The molecule has 0 atom stereocenters. The van der Waals surface area contributed by atoms with Gasteiger partial charge in [-0.3, -0.25) is 0 Å². The lowest BCUT2D eigenvalue weighted by Crippen LogP contribution is -2.31. The molecule has 0 radical (unpaired) electrons. The van der Waals surface area contributed by atoms with Crippen molar-refractivity contribution in [2.45, 2.75) is 18.8 Å². The molecular weight excluding hydrogens is 336 g/mol. The average Bonchev–Trinajstić information content (AvgIpc) is 3.06. The van der Waals surface area contributed by atoms with E-state index in [1.54, 1.807) is 0 Å². The first kappa shape index (κ1) is 15.7. The molecule has 0 spiro atoms. The summed E-state index contributed by atoms with van der Waals surface area (Å²) in [7, 11) is 0. The Labute approximate surface area is 151 Å². The highest BCUT2D eigenvalue weighted by molar-refractivity contribution is 7.18. The number of likely N-dealkylation sites (tertiary alicyclic amines) is 1. The van der Waals surface area contributed by atoms with Crippen LogP contribution in [-0.4, -0.2) is 23.0 Å². The van der Waals surface area contributed by atoms with Gasteiger partial charge >= 0.3 is 0 Å². The van der Waals surface area contributed by atoms with Gasteiger partial charge in [-0.1, -0.05) is 42.4 Å². The highest BCUT2D eigenvalue weighted by atomic mass is 35.5. The Morgan fingerprint density at radius 1 is 1.08 bits per heavy atom. The number of piperidine rings is 1. The van der Waals surface area contributed by atoms with Crippen LogP contribution in [0.1, 0.15) is 29.3 Å². The highest BCUT2D eigenvalue weighted by Crippen LogP contribution is 2.35. The SMILES string of the molecule is C=C(c1ccc(Cl)cc1)N1CCC(c2nc3ccccc3s2)CC1. The van der Waals surface area contributed by atoms with Crippen molar-refractivity contribution < 1.29 is 0 Å².